The van der Waals surface area contributed by atoms with Gasteiger partial charge in [0.05, 0.1) is 18.5 Å². The number of carbonyl (C=O) groups is 1. The van der Waals surface area contributed by atoms with E-state index in [9.17, 15) is 4.79 Å². The van der Waals surface area contributed by atoms with Gasteiger partial charge in [-0.25, -0.2) is 4.79 Å². The summed E-state index contributed by atoms with van der Waals surface area (Å²) in [5.41, 5.74) is 3.81. The molecular formula is C16H21N3O2. The molecule has 0 radical (unpaired) electrons. The molecule has 5 heteroatoms. The predicted molar refractivity (Wildman–Crippen MR) is 80.9 cm³/mol. The number of hydrogen-bond acceptors (Lipinski definition) is 4. The molecule has 1 N–H and O–H groups in total. The van der Waals surface area contributed by atoms with E-state index in [-0.39, 0.29) is 5.97 Å². The first kappa shape index (κ1) is 15.3. The van der Waals surface area contributed by atoms with E-state index in [1.165, 1.54) is 11.1 Å². The molecule has 21 heavy (non-hydrogen) atoms. The van der Waals surface area contributed by atoms with E-state index in [0.717, 1.165) is 12.2 Å². The molecule has 1 aromatic heterocycles. The molecule has 0 saturated carbocycles. The molecule has 1 aromatic carbocycles. The lowest BCUT2D eigenvalue weighted by Gasteiger charge is -2.08. The van der Waals surface area contributed by atoms with Crippen molar-refractivity contribution in [3.63, 3.8) is 0 Å². The quantitative estimate of drug-likeness (QED) is 0.828. The van der Waals surface area contributed by atoms with E-state index >= 15 is 0 Å². The van der Waals surface area contributed by atoms with Gasteiger partial charge in [0, 0.05) is 20.1 Å². The van der Waals surface area contributed by atoms with Crippen molar-refractivity contribution in [2.75, 3.05) is 6.61 Å². The zero-order valence-corrected chi connectivity index (χ0v) is 12.7. The molecule has 0 spiro atoms. The van der Waals surface area contributed by atoms with Gasteiger partial charge in [-0.3, -0.25) is 4.68 Å². The molecule has 0 aliphatic rings. The molecule has 2 aromatic rings. The van der Waals surface area contributed by atoms with E-state index in [1.54, 1.807) is 17.8 Å². The molecule has 2 rings (SSSR count). The van der Waals surface area contributed by atoms with Crippen LogP contribution in [0, 0.1) is 6.92 Å². The standard InChI is InChI=1S/C16H21N3O2/c1-4-21-16(20)14-10-18-19(3)15(14)11-17-9-13-7-5-6-12(2)8-13/h5-8,10,17H,4,9,11H2,1-3H3. The number of carbonyl (C=O) groups excluding carboxylic acids is 1. The lowest BCUT2D eigenvalue weighted by Crippen LogP contribution is -2.18. The van der Waals surface area contributed by atoms with Crippen LogP contribution >= 0.6 is 0 Å². The van der Waals surface area contributed by atoms with E-state index in [1.807, 2.05) is 13.1 Å². The first-order valence-electron chi connectivity index (χ1n) is 7.06. The molecule has 0 bridgehead atoms. The number of aromatic nitrogens is 2. The Balaban J connectivity index is 2.00. The Kier molecular flexibility index (Phi) is 5.11. The van der Waals surface area contributed by atoms with Gasteiger partial charge in [0.25, 0.3) is 0 Å². The molecule has 0 amide bonds. The van der Waals surface area contributed by atoms with Crippen molar-refractivity contribution < 1.29 is 9.53 Å². The Labute approximate surface area is 124 Å². The normalized spacial score (nSPS) is 10.6. The van der Waals surface area contributed by atoms with Crippen LogP contribution in [0.5, 0.6) is 0 Å². The van der Waals surface area contributed by atoms with Crippen LogP contribution in [-0.4, -0.2) is 22.4 Å². The van der Waals surface area contributed by atoms with Crippen LogP contribution in [0.25, 0.3) is 0 Å². The highest BCUT2D eigenvalue weighted by atomic mass is 16.5. The highest BCUT2D eigenvalue weighted by Gasteiger charge is 2.16. The monoisotopic (exact) mass is 287 g/mol. The van der Waals surface area contributed by atoms with Crippen molar-refractivity contribution >= 4 is 5.97 Å². The minimum absolute atomic E-state index is 0.321. The summed E-state index contributed by atoms with van der Waals surface area (Å²) in [6.07, 6.45) is 1.56. The summed E-state index contributed by atoms with van der Waals surface area (Å²) in [4.78, 5) is 11.9. The zero-order chi connectivity index (χ0) is 15.2. The molecule has 0 aliphatic carbocycles. The molecule has 0 unspecified atom stereocenters. The van der Waals surface area contributed by atoms with Gasteiger partial charge in [0.2, 0.25) is 0 Å². The average Bonchev–Trinajstić information content (AvgIpc) is 2.81. The summed E-state index contributed by atoms with van der Waals surface area (Å²) >= 11 is 0. The third-order valence-corrected chi connectivity index (χ3v) is 3.26. The number of rotatable bonds is 6. The fourth-order valence-electron chi connectivity index (χ4n) is 2.20. The number of aryl methyl sites for hydroxylation is 2. The van der Waals surface area contributed by atoms with Gasteiger partial charge in [-0.1, -0.05) is 29.8 Å². The van der Waals surface area contributed by atoms with Gasteiger partial charge in [-0.15, -0.1) is 0 Å². The number of nitrogens with zero attached hydrogens (tertiary/aromatic N) is 2. The minimum Gasteiger partial charge on any atom is -0.462 e. The summed E-state index contributed by atoms with van der Waals surface area (Å²) in [5, 5.41) is 7.48. The van der Waals surface area contributed by atoms with Crippen molar-refractivity contribution in [1.82, 2.24) is 15.1 Å². The van der Waals surface area contributed by atoms with Crippen LogP contribution in [0.2, 0.25) is 0 Å². The fourth-order valence-corrected chi connectivity index (χ4v) is 2.20. The SMILES string of the molecule is CCOC(=O)c1cnn(C)c1CNCc1cccc(C)c1. The van der Waals surface area contributed by atoms with E-state index in [2.05, 4.69) is 35.5 Å². The van der Waals surface area contributed by atoms with Crippen LogP contribution < -0.4 is 5.32 Å². The molecule has 0 saturated heterocycles. The van der Waals surface area contributed by atoms with Gasteiger partial charge in [-0.2, -0.15) is 5.10 Å². The first-order valence-corrected chi connectivity index (χ1v) is 7.06. The van der Waals surface area contributed by atoms with Crippen molar-refractivity contribution in [1.29, 1.82) is 0 Å². The topological polar surface area (TPSA) is 56.1 Å². The Morgan fingerprint density at radius 1 is 1.38 bits per heavy atom. The Hall–Kier alpha value is -2.14. The van der Waals surface area contributed by atoms with Crippen molar-refractivity contribution in [3.05, 3.63) is 52.8 Å². The van der Waals surface area contributed by atoms with Crippen LogP contribution in [0.15, 0.2) is 30.5 Å². The third kappa shape index (κ3) is 3.92. The summed E-state index contributed by atoms with van der Waals surface area (Å²) in [6.45, 7) is 5.55. The van der Waals surface area contributed by atoms with E-state index < -0.39 is 0 Å². The maximum absolute atomic E-state index is 11.9. The lowest BCUT2D eigenvalue weighted by atomic mass is 10.1. The largest absolute Gasteiger partial charge is 0.462 e. The maximum Gasteiger partial charge on any atom is 0.341 e. The summed E-state index contributed by atoms with van der Waals surface area (Å²) in [6, 6.07) is 8.34. The molecule has 0 aliphatic heterocycles. The van der Waals surface area contributed by atoms with Crippen LogP contribution in [0.4, 0.5) is 0 Å². The van der Waals surface area contributed by atoms with E-state index in [4.69, 9.17) is 4.74 Å². The molecule has 1 heterocycles. The number of hydrogen-bond donors (Lipinski definition) is 1. The minimum atomic E-state index is -0.321. The van der Waals surface area contributed by atoms with Gasteiger partial charge in [0.1, 0.15) is 5.56 Å². The molecular weight excluding hydrogens is 266 g/mol. The summed E-state index contributed by atoms with van der Waals surface area (Å²) < 4.78 is 6.75. The second-order valence-electron chi connectivity index (χ2n) is 4.94. The smallest absolute Gasteiger partial charge is 0.341 e. The van der Waals surface area contributed by atoms with Crippen molar-refractivity contribution in [3.8, 4) is 0 Å². The zero-order valence-electron chi connectivity index (χ0n) is 12.7. The Morgan fingerprint density at radius 3 is 2.90 bits per heavy atom. The molecule has 5 nitrogen and oxygen atoms in total. The maximum atomic E-state index is 11.9. The Morgan fingerprint density at radius 2 is 2.19 bits per heavy atom. The van der Waals surface area contributed by atoms with Crippen LogP contribution in [0.3, 0.4) is 0 Å². The van der Waals surface area contributed by atoms with Crippen LogP contribution in [-0.2, 0) is 24.9 Å². The average molecular weight is 287 g/mol. The highest BCUT2D eigenvalue weighted by Crippen LogP contribution is 2.10. The number of ether oxygens (including phenoxy) is 1. The lowest BCUT2D eigenvalue weighted by molar-refractivity contribution is 0.0524. The van der Waals surface area contributed by atoms with Gasteiger partial charge < -0.3 is 10.1 Å². The predicted octanol–water partition coefficient (Wildman–Crippen LogP) is 2.20. The molecule has 0 atom stereocenters. The second-order valence-corrected chi connectivity index (χ2v) is 4.94. The molecule has 0 fully saturated rings. The Bertz CT molecular complexity index is 620. The van der Waals surface area contributed by atoms with Crippen molar-refractivity contribution in [2.24, 2.45) is 7.05 Å². The fraction of sp³-hybridized carbons (Fsp3) is 0.375. The van der Waals surface area contributed by atoms with E-state index in [0.29, 0.717) is 18.7 Å². The summed E-state index contributed by atoms with van der Waals surface area (Å²) in [5.74, 6) is -0.321. The third-order valence-electron chi connectivity index (χ3n) is 3.26. The number of esters is 1. The second kappa shape index (κ2) is 7.04. The molecule has 112 valence electrons. The van der Waals surface area contributed by atoms with Gasteiger partial charge in [-0.05, 0) is 19.4 Å². The summed E-state index contributed by atoms with van der Waals surface area (Å²) in [7, 11) is 1.83. The highest BCUT2D eigenvalue weighted by molar-refractivity contribution is 5.90. The number of nitrogens with one attached hydrogen (secondary N) is 1. The van der Waals surface area contributed by atoms with Crippen molar-refractivity contribution in [2.45, 2.75) is 26.9 Å². The van der Waals surface area contributed by atoms with Gasteiger partial charge in [0.15, 0.2) is 0 Å². The van der Waals surface area contributed by atoms with Gasteiger partial charge >= 0.3 is 5.97 Å². The number of benzene rings is 1. The first-order chi connectivity index (χ1) is 10.1. The van der Waals surface area contributed by atoms with Crippen LogP contribution in [0.1, 0.15) is 34.1 Å².